The van der Waals surface area contributed by atoms with Crippen LogP contribution in [-0.4, -0.2) is 69.8 Å². The van der Waals surface area contributed by atoms with Gasteiger partial charge >= 0.3 is 0 Å². The smallest absolute Gasteiger partial charge is 0.242 e. The zero-order valence-electron chi connectivity index (χ0n) is 18.9. The summed E-state index contributed by atoms with van der Waals surface area (Å²) in [6, 6.07) is 10.2. The fraction of sp³-hybridized carbons (Fsp3) is 0.435. The number of anilines is 2. The zero-order valence-corrected chi connectivity index (χ0v) is 20.5. The summed E-state index contributed by atoms with van der Waals surface area (Å²) < 4.78 is 39.4. The first kappa shape index (κ1) is 25.4. The van der Waals surface area contributed by atoms with Crippen molar-refractivity contribution in [1.82, 2.24) is 9.21 Å². The van der Waals surface area contributed by atoms with Gasteiger partial charge in [0.2, 0.25) is 15.9 Å². The fourth-order valence-corrected chi connectivity index (χ4v) is 5.15. The van der Waals surface area contributed by atoms with Crippen molar-refractivity contribution in [2.45, 2.75) is 24.7 Å². The van der Waals surface area contributed by atoms with Crippen molar-refractivity contribution in [1.29, 1.82) is 0 Å². The summed E-state index contributed by atoms with van der Waals surface area (Å²) in [6.45, 7) is 6.97. The number of hydrogen-bond acceptors (Lipinski definition) is 5. The van der Waals surface area contributed by atoms with Crippen molar-refractivity contribution in [2.75, 3.05) is 56.5 Å². The number of benzene rings is 2. The number of carbonyl (C=O) groups is 1. The van der Waals surface area contributed by atoms with Gasteiger partial charge in [-0.2, -0.15) is 0 Å². The maximum absolute atomic E-state index is 13.1. The molecule has 1 fully saturated rings. The lowest BCUT2D eigenvalue weighted by Crippen LogP contribution is -2.46. The van der Waals surface area contributed by atoms with E-state index in [1.54, 1.807) is 6.07 Å². The van der Waals surface area contributed by atoms with Gasteiger partial charge in [-0.25, -0.2) is 17.1 Å². The SMILES string of the molecule is CCN1CCN(c2ccc(Cl)cc2NC(=O)CCCN(C)S(=O)(=O)c2ccc(F)cc2)CC1. The second-order valence-electron chi connectivity index (χ2n) is 8.02. The predicted molar refractivity (Wildman–Crippen MR) is 130 cm³/mol. The molecule has 0 atom stereocenters. The third-order valence-electron chi connectivity index (χ3n) is 5.79. The number of carbonyl (C=O) groups excluding carboxylic acids is 1. The molecule has 0 aliphatic carbocycles. The Morgan fingerprint density at radius 3 is 2.42 bits per heavy atom. The average molecular weight is 497 g/mol. The summed E-state index contributed by atoms with van der Waals surface area (Å²) in [5.41, 5.74) is 1.59. The van der Waals surface area contributed by atoms with Gasteiger partial charge in [-0.1, -0.05) is 18.5 Å². The number of halogens is 2. The van der Waals surface area contributed by atoms with Crippen LogP contribution in [0.1, 0.15) is 19.8 Å². The summed E-state index contributed by atoms with van der Waals surface area (Å²) in [4.78, 5) is 17.2. The summed E-state index contributed by atoms with van der Waals surface area (Å²) in [5.74, 6) is -0.709. The molecule has 180 valence electrons. The molecular weight excluding hydrogens is 467 g/mol. The second-order valence-corrected chi connectivity index (χ2v) is 10.5. The van der Waals surface area contributed by atoms with Crippen LogP contribution in [0.3, 0.4) is 0 Å². The van der Waals surface area contributed by atoms with Crippen LogP contribution in [-0.2, 0) is 14.8 Å². The molecule has 0 aromatic heterocycles. The Balaban J connectivity index is 1.56. The maximum atomic E-state index is 13.1. The van der Waals surface area contributed by atoms with Gasteiger partial charge in [0.15, 0.2) is 0 Å². The van der Waals surface area contributed by atoms with Gasteiger partial charge in [-0.05, 0) is 55.4 Å². The van der Waals surface area contributed by atoms with E-state index in [0.717, 1.165) is 50.5 Å². The molecule has 0 bridgehead atoms. The number of amides is 1. The largest absolute Gasteiger partial charge is 0.367 e. The minimum Gasteiger partial charge on any atom is -0.367 e. The van der Waals surface area contributed by atoms with Crippen molar-refractivity contribution in [3.05, 3.63) is 53.3 Å². The molecule has 3 rings (SSSR count). The molecule has 0 spiro atoms. The van der Waals surface area contributed by atoms with Gasteiger partial charge < -0.3 is 15.1 Å². The molecule has 7 nitrogen and oxygen atoms in total. The van der Waals surface area contributed by atoms with Crippen molar-refractivity contribution < 1.29 is 17.6 Å². The van der Waals surface area contributed by atoms with Crippen LogP contribution in [0.2, 0.25) is 5.02 Å². The molecule has 0 unspecified atom stereocenters. The normalized spacial score (nSPS) is 15.1. The lowest BCUT2D eigenvalue weighted by Gasteiger charge is -2.36. The number of rotatable bonds is 9. The highest BCUT2D eigenvalue weighted by molar-refractivity contribution is 7.89. The Morgan fingerprint density at radius 2 is 1.79 bits per heavy atom. The molecule has 1 heterocycles. The monoisotopic (exact) mass is 496 g/mol. The van der Waals surface area contributed by atoms with Crippen LogP contribution in [0.5, 0.6) is 0 Å². The van der Waals surface area contributed by atoms with E-state index in [1.165, 1.54) is 23.5 Å². The van der Waals surface area contributed by atoms with E-state index < -0.39 is 15.8 Å². The lowest BCUT2D eigenvalue weighted by atomic mass is 10.2. The second kappa shape index (κ2) is 11.3. The topological polar surface area (TPSA) is 73.0 Å². The van der Waals surface area contributed by atoms with Crippen molar-refractivity contribution in [2.24, 2.45) is 0 Å². The summed E-state index contributed by atoms with van der Waals surface area (Å²) >= 11 is 6.17. The molecule has 2 aromatic rings. The minimum absolute atomic E-state index is 0.0163. The number of sulfonamides is 1. The molecule has 33 heavy (non-hydrogen) atoms. The molecule has 0 radical (unpaired) electrons. The molecule has 10 heteroatoms. The van der Waals surface area contributed by atoms with Crippen LogP contribution in [0.4, 0.5) is 15.8 Å². The Labute approximate surface area is 200 Å². The average Bonchev–Trinajstić information content (AvgIpc) is 2.79. The highest BCUT2D eigenvalue weighted by Crippen LogP contribution is 2.30. The van der Waals surface area contributed by atoms with Crippen LogP contribution < -0.4 is 10.2 Å². The van der Waals surface area contributed by atoms with Gasteiger partial charge in [-0.3, -0.25) is 4.79 Å². The van der Waals surface area contributed by atoms with Gasteiger partial charge in [0, 0.05) is 51.2 Å². The van der Waals surface area contributed by atoms with Gasteiger partial charge in [0.25, 0.3) is 0 Å². The lowest BCUT2D eigenvalue weighted by molar-refractivity contribution is -0.116. The van der Waals surface area contributed by atoms with E-state index in [0.29, 0.717) is 17.1 Å². The first-order valence-electron chi connectivity index (χ1n) is 11.0. The molecule has 1 aliphatic rings. The first-order valence-corrected chi connectivity index (χ1v) is 12.8. The van der Waals surface area contributed by atoms with Crippen LogP contribution >= 0.6 is 11.6 Å². The highest BCUT2D eigenvalue weighted by atomic mass is 35.5. The quantitative estimate of drug-likeness (QED) is 0.573. The first-order chi connectivity index (χ1) is 15.7. The van der Waals surface area contributed by atoms with Crippen molar-refractivity contribution in [3.63, 3.8) is 0 Å². The van der Waals surface area contributed by atoms with Crippen molar-refractivity contribution >= 4 is 38.9 Å². The van der Waals surface area contributed by atoms with Gasteiger partial charge in [0.1, 0.15) is 5.82 Å². The third kappa shape index (κ3) is 6.66. The molecule has 0 saturated carbocycles. The minimum atomic E-state index is -3.74. The van der Waals surface area contributed by atoms with Crippen LogP contribution in [0, 0.1) is 5.82 Å². The van der Waals surface area contributed by atoms with E-state index in [9.17, 15) is 17.6 Å². The highest BCUT2D eigenvalue weighted by Gasteiger charge is 2.22. The predicted octanol–water partition coefficient (Wildman–Crippen LogP) is 3.66. The van der Waals surface area contributed by atoms with E-state index in [1.807, 2.05) is 12.1 Å². The molecule has 2 aromatic carbocycles. The Kier molecular flexibility index (Phi) is 8.69. The van der Waals surface area contributed by atoms with Gasteiger partial charge in [-0.15, -0.1) is 0 Å². The molecule has 1 N–H and O–H groups in total. The molecular formula is C23H30ClFN4O3S. The number of hydrogen-bond donors (Lipinski definition) is 1. The van der Waals surface area contributed by atoms with Gasteiger partial charge in [0.05, 0.1) is 16.3 Å². The molecule has 1 saturated heterocycles. The summed E-state index contributed by atoms with van der Waals surface area (Å²) in [7, 11) is -2.29. The van der Waals surface area contributed by atoms with E-state index in [-0.39, 0.29) is 23.8 Å². The Morgan fingerprint density at radius 1 is 1.12 bits per heavy atom. The van der Waals surface area contributed by atoms with Crippen LogP contribution in [0.25, 0.3) is 0 Å². The number of piperazine rings is 1. The number of likely N-dealkylation sites (N-methyl/N-ethyl adjacent to an activating group) is 1. The number of nitrogens with one attached hydrogen (secondary N) is 1. The molecule has 1 aliphatic heterocycles. The van der Waals surface area contributed by atoms with E-state index in [4.69, 9.17) is 11.6 Å². The van der Waals surface area contributed by atoms with Crippen molar-refractivity contribution in [3.8, 4) is 0 Å². The Bertz CT molecular complexity index is 1060. The third-order valence-corrected chi connectivity index (χ3v) is 7.90. The Hall–Kier alpha value is -2.20. The summed E-state index contributed by atoms with van der Waals surface area (Å²) in [6.07, 6.45) is 0.493. The number of nitrogens with zero attached hydrogens (tertiary/aromatic N) is 3. The van der Waals surface area contributed by atoms with E-state index >= 15 is 0 Å². The maximum Gasteiger partial charge on any atom is 0.242 e. The fourth-order valence-electron chi connectivity index (χ4n) is 3.77. The van der Waals surface area contributed by atoms with E-state index in [2.05, 4.69) is 22.0 Å². The zero-order chi connectivity index (χ0) is 24.0. The van der Waals surface area contributed by atoms with Crippen LogP contribution in [0.15, 0.2) is 47.4 Å². The summed E-state index contributed by atoms with van der Waals surface area (Å²) in [5, 5.41) is 3.47. The molecule has 1 amide bonds. The standard InChI is InChI=1S/C23H30ClFN4O3S/c1-3-28-13-15-29(16-14-28)22-11-6-18(24)17-21(22)26-23(30)5-4-12-27(2)33(31,32)20-9-7-19(25)8-10-20/h6-11,17H,3-5,12-16H2,1-2H3,(H,26,30).